The van der Waals surface area contributed by atoms with Gasteiger partial charge in [-0.2, -0.15) is 0 Å². The average molecular weight is 564 g/mol. The molecule has 0 radical (unpaired) electrons. The number of alkyl halides is 1. The number of nitrogens with zero attached hydrogens (tertiary/aromatic N) is 4. The molecule has 218 valence electrons. The molecule has 10 nitrogen and oxygen atoms in total. The smallest absolute Gasteiger partial charge is 0.410 e. The molecule has 2 fully saturated rings. The summed E-state index contributed by atoms with van der Waals surface area (Å²) in [4.78, 5) is 27.2. The fourth-order valence-corrected chi connectivity index (χ4v) is 6.15. The molecule has 0 saturated heterocycles. The number of rotatable bonds is 11. The number of amides is 1. The van der Waals surface area contributed by atoms with Crippen LogP contribution in [0.2, 0.25) is 0 Å². The van der Waals surface area contributed by atoms with Crippen LogP contribution in [0.25, 0.3) is 0 Å². The molecule has 1 amide bonds. The Morgan fingerprint density at radius 1 is 1.28 bits per heavy atom. The predicted molar refractivity (Wildman–Crippen MR) is 158 cm³/mol. The van der Waals surface area contributed by atoms with Crippen molar-refractivity contribution in [2.75, 3.05) is 37.4 Å². The third kappa shape index (κ3) is 8.27. The summed E-state index contributed by atoms with van der Waals surface area (Å²) in [6, 6.07) is 0. The number of carbonyl (C=O) groups is 1. The van der Waals surface area contributed by atoms with E-state index < -0.39 is 11.9 Å². The van der Waals surface area contributed by atoms with E-state index in [9.17, 15) is 4.79 Å². The van der Waals surface area contributed by atoms with Crippen molar-refractivity contribution in [1.29, 1.82) is 5.41 Å². The van der Waals surface area contributed by atoms with Gasteiger partial charge in [0.2, 0.25) is 0 Å². The Morgan fingerprint density at radius 3 is 2.59 bits per heavy atom. The number of aliphatic imine (C=N–C) groups is 1. The first-order valence-corrected chi connectivity index (χ1v) is 14.7. The lowest BCUT2D eigenvalue weighted by molar-refractivity contribution is -0.0708. The molecule has 5 N–H and O–H groups in total. The molecule has 1 aromatic heterocycles. The number of halogens is 1. The molecule has 0 aliphatic heterocycles. The van der Waals surface area contributed by atoms with Gasteiger partial charge in [-0.25, -0.2) is 14.8 Å². The summed E-state index contributed by atoms with van der Waals surface area (Å²) in [7, 11) is 1.81. The first kappa shape index (κ1) is 31.1. The highest BCUT2D eigenvalue weighted by molar-refractivity contribution is 6.20. The molecule has 39 heavy (non-hydrogen) atoms. The third-order valence-electron chi connectivity index (χ3n) is 8.28. The summed E-state index contributed by atoms with van der Waals surface area (Å²) in [6.45, 7) is 8.06. The molecule has 4 unspecified atom stereocenters. The van der Waals surface area contributed by atoms with Crippen LogP contribution in [0.15, 0.2) is 4.99 Å². The Kier molecular flexibility index (Phi) is 11.4. The Hall–Kier alpha value is -2.46. The molecule has 0 spiro atoms. The van der Waals surface area contributed by atoms with Crippen LogP contribution in [0.3, 0.4) is 0 Å². The molecule has 2 saturated carbocycles. The minimum atomic E-state index is -1.36. The van der Waals surface area contributed by atoms with Crippen molar-refractivity contribution in [3.05, 3.63) is 11.5 Å². The molecule has 4 atom stereocenters. The van der Waals surface area contributed by atoms with E-state index >= 15 is 0 Å². The Balaban J connectivity index is 2.11. The van der Waals surface area contributed by atoms with Gasteiger partial charge in [-0.05, 0) is 44.4 Å². The van der Waals surface area contributed by atoms with Crippen LogP contribution in [0.4, 0.5) is 16.3 Å². The zero-order valence-corrected chi connectivity index (χ0v) is 24.6. The molecule has 2 aliphatic rings. The molecule has 0 bridgehead atoms. The van der Waals surface area contributed by atoms with Gasteiger partial charge in [0.05, 0.1) is 23.2 Å². The second-order valence-corrected chi connectivity index (χ2v) is 12.1. The minimum Gasteiger partial charge on any atom is -0.465 e. The number of nitrogen functional groups attached to an aromatic ring is 1. The van der Waals surface area contributed by atoms with E-state index in [2.05, 4.69) is 21.8 Å². The van der Waals surface area contributed by atoms with E-state index in [-0.39, 0.29) is 28.5 Å². The molecule has 2 aliphatic carbocycles. The highest BCUT2D eigenvalue weighted by Gasteiger charge is 2.41. The average Bonchev–Trinajstić information content (AvgIpc) is 2.89. The van der Waals surface area contributed by atoms with Gasteiger partial charge in [-0.3, -0.25) is 15.7 Å². The van der Waals surface area contributed by atoms with Crippen molar-refractivity contribution in [3.8, 4) is 0 Å². The lowest BCUT2D eigenvalue weighted by atomic mass is 9.75. The summed E-state index contributed by atoms with van der Waals surface area (Å²) in [6.07, 6.45) is 10.9. The van der Waals surface area contributed by atoms with Crippen LogP contribution in [-0.2, 0) is 4.74 Å². The van der Waals surface area contributed by atoms with E-state index in [0.29, 0.717) is 30.6 Å². The fraction of sp³-hybridized carbons (Fsp3) is 0.750. The van der Waals surface area contributed by atoms with Crippen LogP contribution < -0.4 is 16.0 Å². The second kappa shape index (κ2) is 14.3. The summed E-state index contributed by atoms with van der Waals surface area (Å²) in [5, 5.41) is 19.3. The fourth-order valence-electron chi connectivity index (χ4n) is 6.07. The van der Waals surface area contributed by atoms with E-state index in [1.165, 1.54) is 25.7 Å². The van der Waals surface area contributed by atoms with Gasteiger partial charge in [0, 0.05) is 32.3 Å². The number of nitrogens with one attached hydrogen (secondary N) is 2. The maximum atomic E-state index is 11.2. The summed E-state index contributed by atoms with van der Waals surface area (Å²) in [5.74, 6) is 0.369. The summed E-state index contributed by atoms with van der Waals surface area (Å²) in [5.41, 5.74) is 7.68. The van der Waals surface area contributed by atoms with Gasteiger partial charge >= 0.3 is 6.09 Å². The van der Waals surface area contributed by atoms with Gasteiger partial charge in [0.25, 0.3) is 0 Å². The number of nitrogens with two attached hydrogens (primary N) is 1. The van der Waals surface area contributed by atoms with E-state index in [0.717, 1.165) is 44.3 Å². The predicted octanol–water partition coefficient (Wildman–Crippen LogP) is 5.44. The lowest BCUT2D eigenvalue weighted by Crippen LogP contribution is -2.52. The third-order valence-corrected chi connectivity index (χ3v) is 8.42. The number of hydrogen-bond acceptors (Lipinski definition) is 8. The van der Waals surface area contributed by atoms with Crippen LogP contribution in [0.1, 0.15) is 96.0 Å². The first-order chi connectivity index (χ1) is 18.6. The molecular weight excluding hydrogens is 518 g/mol. The van der Waals surface area contributed by atoms with Gasteiger partial charge < -0.3 is 20.5 Å². The number of anilines is 2. The van der Waals surface area contributed by atoms with Crippen molar-refractivity contribution in [3.63, 3.8) is 0 Å². The van der Waals surface area contributed by atoms with Gasteiger partial charge in [0.15, 0.2) is 17.5 Å². The highest BCUT2D eigenvalue weighted by Crippen LogP contribution is 2.41. The highest BCUT2D eigenvalue weighted by atomic mass is 35.5. The van der Waals surface area contributed by atoms with E-state index in [1.807, 2.05) is 26.3 Å². The number of aromatic nitrogens is 2. The molecule has 0 aromatic carbocycles. The SMILES string of the molecule is COC1(CN(CC2CCCCC2)c2c(N)nc(C(=N)NC(=O)O)nc2C(C)C=NCC(C)Cl)CCCCC1C. The van der Waals surface area contributed by atoms with E-state index in [1.54, 1.807) is 6.21 Å². The van der Waals surface area contributed by atoms with Crippen molar-refractivity contribution >= 4 is 41.2 Å². The van der Waals surface area contributed by atoms with Gasteiger partial charge in [0.1, 0.15) is 5.69 Å². The number of carboxylic acid groups (broad SMARTS) is 1. The Morgan fingerprint density at radius 2 is 1.97 bits per heavy atom. The number of amidine groups is 1. The monoisotopic (exact) mass is 563 g/mol. The Bertz CT molecular complexity index is 1020. The molecule has 1 heterocycles. The maximum absolute atomic E-state index is 11.2. The number of ether oxygens (including phenoxy) is 1. The molecule has 3 rings (SSSR count). The standard InChI is InChI=1S/C28H46ClN7O3/c1-18(14-32-15-20(3)29)22-23(24(30)34-26(33-22)25(31)35-27(37)38)36(16-21-11-6-5-7-12-21)17-28(39-4)13-9-8-10-19(28)2/h14,18-21H,5-13,15-17H2,1-4H3,(H2,31,35)(H,37,38)(H2,30,33,34). The summed E-state index contributed by atoms with van der Waals surface area (Å²) < 4.78 is 6.30. The molecule has 1 aromatic rings. The largest absolute Gasteiger partial charge is 0.465 e. The molecular formula is C28H46ClN7O3. The zero-order valence-electron chi connectivity index (χ0n) is 23.9. The molecule has 11 heteroatoms. The number of hydrogen-bond donors (Lipinski definition) is 4. The van der Waals surface area contributed by atoms with Crippen LogP contribution in [0, 0.1) is 17.2 Å². The minimum absolute atomic E-state index is 0.0651. The van der Waals surface area contributed by atoms with Crippen LogP contribution >= 0.6 is 11.6 Å². The zero-order chi connectivity index (χ0) is 28.6. The van der Waals surface area contributed by atoms with Crippen molar-refractivity contribution in [2.24, 2.45) is 16.8 Å². The van der Waals surface area contributed by atoms with Crippen LogP contribution in [0.5, 0.6) is 0 Å². The maximum Gasteiger partial charge on any atom is 0.410 e. The van der Waals surface area contributed by atoms with E-state index in [4.69, 9.17) is 37.6 Å². The van der Waals surface area contributed by atoms with Gasteiger partial charge in [-0.1, -0.05) is 46.0 Å². The Labute approximate surface area is 237 Å². The normalized spacial score (nSPS) is 23.9. The topological polar surface area (TPSA) is 150 Å². The second-order valence-electron chi connectivity index (χ2n) is 11.4. The van der Waals surface area contributed by atoms with Gasteiger partial charge in [-0.15, -0.1) is 11.6 Å². The van der Waals surface area contributed by atoms with Crippen molar-refractivity contribution < 1.29 is 14.6 Å². The first-order valence-electron chi connectivity index (χ1n) is 14.3. The quantitative estimate of drug-likeness (QED) is 0.159. The lowest BCUT2D eigenvalue weighted by Gasteiger charge is -2.46. The van der Waals surface area contributed by atoms with Crippen LogP contribution in [-0.4, -0.2) is 70.9 Å². The van der Waals surface area contributed by atoms with Crippen molar-refractivity contribution in [1.82, 2.24) is 15.3 Å². The van der Waals surface area contributed by atoms with Crippen molar-refractivity contribution in [2.45, 2.75) is 95.5 Å². The number of methoxy groups -OCH3 is 1. The summed E-state index contributed by atoms with van der Waals surface area (Å²) >= 11 is 6.12.